The summed E-state index contributed by atoms with van der Waals surface area (Å²) in [5, 5.41) is 6.44. The molecule has 1 aromatic heterocycles. The fraction of sp³-hybridized carbons (Fsp3) is 0.353. The zero-order valence-corrected chi connectivity index (χ0v) is 13.9. The Bertz CT molecular complexity index is 686. The summed E-state index contributed by atoms with van der Waals surface area (Å²) in [5.41, 5.74) is 1.11. The first kappa shape index (κ1) is 16.7. The first-order valence-corrected chi connectivity index (χ1v) is 7.53. The monoisotopic (exact) mass is 314 g/mol. The van der Waals surface area contributed by atoms with E-state index in [-0.39, 0.29) is 0 Å². The van der Waals surface area contributed by atoms with Crippen LogP contribution >= 0.6 is 0 Å². The molecule has 2 rings (SSSR count). The molecule has 0 bridgehead atoms. The summed E-state index contributed by atoms with van der Waals surface area (Å²) in [6.07, 6.45) is 0. The number of hydrogen-bond donors (Lipinski definition) is 2. The number of carbonyl (C=O) groups is 1. The summed E-state index contributed by atoms with van der Waals surface area (Å²) in [6, 6.07) is 8.98. The van der Waals surface area contributed by atoms with Gasteiger partial charge in [0.15, 0.2) is 0 Å². The van der Waals surface area contributed by atoms with Crippen molar-refractivity contribution in [3.63, 3.8) is 0 Å². The molecule has 6 nitrogen and oxygen atoms in total. The van der Waals surface area contributed by atoms with Crippen molar-refractivity contribution in [2.24, 2.45) is 5.92 Å². The molecule has 0 amide bonds. The Labute approximate surface area is 136 Å². The lowest BCUT2D eigenvalue weighted by molar-refractivity contribution is 0.0602. The number of anilines is 3. The number of nitrogens with zero attached hydrogens (tertiary/aromatic N) is 2. The third kappa shape index (κ3) is 4.67. The predicted molar refractivity (Wildman–Crippen MR) is 91.2 cm³/mol. The Balaban J connectivity index is 2.25. The van der Waals surface area contributed by atoms with Gasteiger partial charge in [0.2, 0.25) is 0 Å². The summed E-state index contributed by atoms with van der Waals surface area (Å²) in [4.78, 5) is 20.6. The third-order valence-corrected chi connectivity index (χ3v) is 3.12. The number of hydrogen-bond acceptors (Lipinski definition) is 6. The highest BCUT2D eigenvalue weighted by molar-refractivity contribution is 5.96. The van der Waals surface area contributed by atoms with Gasteiger partial charge in [-0.15, -0.1) is 0 Å². The Morgan fingerprint density at radius 2 is 1.91 bits per heavy atom. The van der Waals surface area contributed by atoms with Crippen LogP contribution in [0, 0.1) is 12.8 Å². The predicted octanol–water partition coefficient (Wildman–Crippen LogP) is 3.38. The summed E-state index contributed by atoms with van der Waals surface area (Å²) >= 11 is 0. The Kier molecular flexibility index (Phi) is 5.51. The van der Waals surface area contributed by atoms with Crippen molar-refractivity contribution >= 4 is 23.3 Å². The van der Waals surface area contributed by atoms with E-state index in [0.717, 1.165) is 12.4 Å². The van der Waals surface area contributed by atoms with E-state index in [1.54, 1.807) is 12.1 Å². The van der Waals surface area contributed by atoms with Gasteiger partial charge in [0.25, 0.3) is 0 Å². The number of aryl methyl sites for hydroxylation is 1. The number of nitrogens with one attached hydrogen (secondary N) is 2. The quantitative estimate of drug-likeness (QED) is 0.796. The van der Waals surface area contributed by atoms with Crippen molar-refractivity contribution in [2.45, 2.75) is 20.8 Å². The second kappa shape index (κ2) is 7.58. The zero-order chi connectivity index (χ0) is 16.8. The van der Waals surface area contributed by atoms with Gasteiger partial charge in [-0.2, -0.15) is 0 Å². The molecule has 23 heavy (non-hydrogen) atoms. The lowest BCUT2D eigenvalue weighted by Crippen LogP contribution is -2.11. The molecule has 122 valence electrons. The summed E-state index contributed by atoms with van der Waals surface area (Å²) in [7, 11) is 1.36. The van der Waals surface area contributed by atoms with Gasteiger partial charge in [0.1, 0.15) is 17.5 Å². The van der Waals surface area contributed by atoms with Crippen molar-refractivity contribution in [1.29, 1.82) is 0 Å². The molecule has 0 aliphatic heterocycles. The molecule has 0 saturated heterocycles. The number of benzene rings is 1. The highest BCUT2D eigenvalue weighted by atomic mass is 16.5. The topological polar surface area (TPSA) is 76.1 Å². The minimum absolute atomic E-state index is 0.392. The van der Waals surface area contributed by atoms with Gasteiger partial charge in [-0.3, -0.25) is 0 Å². The highest BCUT2D eigenvalue weighted by Gasteiger charge is 2.12. The van der Waals surface area contributed by atoms with Gasteiger partial charge >= 0.3 is 5.97 Å². The maximum Gasteiger partial charge on any atom is 0.339 e. The number of esters is 1. The van der Waals surface area contributed by atoms with E-state index in [9.17, 15) is 4.79 Å². The lowest BCUT2D eigenvalue weighted by Gasteiger charge is -2.13. The maximum atomic E-state index is 11.8. The van der Waals surface area contributed by atoms with Crippen LogP contribution in [0.15, 0.2) is 30.3 Å². The molecule has 0 aliphatic carbocycles. The Hall–Kier alpha value is -2.63. The number of para-hydroxylation sites is 1. The van der Waals surface area contributed by atoms with Crippen LogP contribution in [0.5, 0.6) is 0 Å². The van der Waals surface area contributed by atoms with Crippen LogP contribution in [0.25, 0.3) is 0 Å². The van der Waals surface area contributed by atoms with E-state index < -0.39 is 5.97 Å². The van der Waals surface area contributed by atoms with Gasteiger partial charge in [0, 0.05) is 12.6 Å². The fourth-order valence-corrected chi connectivity index (χ4v) is 2.05. The van der Waals surface area contributed by atoms with E-state index in [2.05, 4.69) is 34.4 Å². The van der Waals surface area contributed by atoms with Crippen LogP contribution in [0.1, 0.15) is 30.0 Å². The maximum absolute atomic E-state index is 11.8. The molecular weight excluding hydrogens is 292 g/mol. The molecule has 1 heterocycles. The SMILES string of the molecule is COC(=O)c1ccccc1Nc1cc(NCC(C)C)nc(C)n1. The molecule has 2 aromatic rings. The van der Waals surface area contributed by atoms with Crippen LogP contribution in [-0.4, -0.2) is 29.6 Å². The molecule has 0 radical (unpaired) electrons. The summed E-state index contributed by atoms with van der Waals surface area (Å²) in [5.74, 6) is 2.15. The largest absolute Gasteiger partial charge is 0.465 e. The number of methoxy groups -OCH3 is 1. The van der Waals surface area contributed by atoms with Gasteiger partial charge in [-0.25, -0.2) is 14.8 Å². The molecule has 2 N–H and O–H groups in total. The highest BCUT2D eigenvalue weighted by Crippen LogP contribution is 2.22. The second-order valence-electron chi connectivity index (χ2n) is 5.62. The van der Waals surface area contributed by atoms with Crippen molar-refractivity contribution in [3.8, 4) is 0 Å². The molecule has 0 spiro atoms. The Morgan fingerprint density at radius 3 is 2.61 bits per heavy atom. The van der Waals surface area contributed by atoms with Crippen molar-refractivity contribution < 1.29 is 9.53 Å². The average molecular weight is 314 g/mol. The molecule has 0 saturated carbocycles. The van der Waals surface area contributed by atoms with Crippen molar-refractivity contribution in [1.82, 2.24) is 9.97 Å². The standard InChI is InChI=1S/C17H22N4O2/c1-11(2)10-18-15-9-16(20-12(3)19-15)21-14-8-6-5-7-13(14)17(22)23-4/h5-9,11H,10H2,1-4H3,(H2,18,19,20,21). The number of carbonyl (C=O) groups excluding carboxylic acids is 1. The normalized spacial score (nSPS) is 10.5. The molecular formula is C17H22N4O2. The van der Waals surface area contributed by atoms with Crippen LogP contribution in [0.3, 0.4) is 0 Å². The smallest absolute Gasteiger partial charge is 0.339 e. The minimum atomic E-state index is -0.392. The van der Waals surface area contributed by atoms with Crippen LogP contribution in [0.2, 0.25) is 0 Å². The van der Waals surface area contributed by atoms with Gasteiger partial charge in [-0.1, -0.05) is 26.0 Å². The molecule has 0 fully saturated rings. The molecule has 1 aromatic carbocycles. The first-order chi connectivity index (χ1) is 11.0. The van der Waals surface area contributed by atoms with E-state index in [0.29, 0.717) is 28.8 Å². The minimum Gasteiger partial charge on any atom is -0.465 e. The average Bonchev–Trinajstić information content (AvgIpc) is 2.52. The van der Waals surface area contributed by atoms with Gasteiger partial charge in [-0.05, 0) is 25.0 Å². The van der Waals surface area contributed by atoms with Gasteiger partial charge < -0.3 is 15.4 Å². The summed E-state index contributed by atoms with van der Waals surface area (Å²) in [6.45, 7) is 6.92. The van der Waals surface area contributed by atoms with Crippen LogP contribution < -0.4 is 10.6 Å². The number of rotatable bonds is 6. The fourth-order valence-electron chi connectivity index (χ4n) is 2.05. The van der Waals surface area contributed by atoms with Crippen LogP contribution in [-0.2, 0) is 4.74 Å². The zero-order valence-electron chi connectivity index (χ0n) is 13.9. The molecule has 0 aliphatic rings. The number of ether oxygens (including phenoxy) is 1. The third-order valence-electron chi connectivity index (χ3n) is 3.12. The van der Waals surface area contributed by atoms with E-state index in [1.807, 2.05) is 25.1 Å². The van der Waals surface area contributed by atoms with Crippen molar-refractivity contribution in [2.75, 3.05) is 24.3 Å². The number of aromatic nitrogens is 2. The Morgan fingerprint density at radius 1 is 1.22 bits per heavy atom. The van der Waals surface area contributed by atoms with Crippen molar-refractivity contribution in [3.05, 3.63) is 41.7 Å². The molecule has 0 atom stereocenters. The lowest BCUT2D eigenvalue weighted by atomic mass is 10.2. The van der Waals surface area contributed by atoms with Gasteiger partial charge in [0.05, 0.1) is 18.4 Å². The van der Waals surface area contributed by atoms with E-state index >= 15 is 0 Å². The van der Waals surface area contributed by atoms with Crippen LogP contribution in [0.4, 0.5) is 17.3 Å². The van der Waals surface area contributed by atoms with E-state index in [1.165, 1.54) is 7.11 Å². The van der Waals surface area contributed by atoms with E-state index in [4.69, 9.17) is 4.74 Å². The first-order valence-electron chi connectivity index (χ1n) is 7.53. The second-order valence-corrected chi connectivity index (χ2v) is 5.62. The molecule has 6 heteroatoms. The molecule has 0 unspecified atom stereocenters. The summed E-state index contributed by atoms with van der Waals surface area (Å²) < 4.78 is 4.80.